The highest BCUT2D eigenvalue weighted by molar-refractivity contribution is 9.08. The topological polar surface area (TPSA) is 82.3 Å². The zero-order valence-electron chi connectivity index (χ0n) is 8.47. The molecule has 7 heteroatoms. The number of aromatic nitrogens is 1. The van der Waals surface area contributed by atoms with Crippen LogP contribution in [0.25, 0.3) is 0 Å². The number of esters is 1. The van der Waals surface area contributed by atoms with Gasteiger partial charge in [-0.1, -0.05) is 15.9 Å². The molecule has 0 spiro atoms. The summed E-state index contributed by atoms with van der Waals surface area (Å²) in [6.07, 6.45) is 1.22. The van der Waals surface area contributed by atoms with Crippen LogP contribution < -0.4 is 0 Å². The van der Waals surface area contributed by atoms with E-state index in [4.69, 9.17) is 4.74 Å². The molecule has 0 aromatic carbocycles. The second kappa shape index (κ2) is 5.55. The van der Waals surface area contributed by atoms with E-state index >= 15 is 0 Å². The zero-order valence-corrected chi connectivity index (χ0v) is 10.1. The first-order valence-corrected chi connectivity index (χ1v) is 5.59. The lowest BCUT2D eigenvalue weighted by Gasteiger charge is -2.05. The molecule has 1 aromatic rings. The first kappa shape index (κ1) is 12.6. The summed E-state index contributed by atoms with van der Waals surface area (Å²) >= 11 is 3.09. The van der Waals surface area contributed by atoms with Crippen LogP contribution in [0, 0.1) is 10.1 Å². The molecule has 0 amide bonds. The fourth-order valence-electron chi connectivity index (χ4n) is 1.17. The molecule has 0 aliphatic rings. The highest BCUT2D eigenvalue weighted by Crippen LogP contribution is 2.22. The predicted octanol–water partition coefficient (Wildman–Crippen LogP) is 2.06. The van der Waals surface area contributed by atoms with Crippen LogP contribution in [0.1, 0.15) is 22.8 Å². The van der Waals surface area contributed by atoms with Crippen LogP contribution in [0.15, 0.2) is 12.3 Å². The third kappa shape index (κ3) is 2.54. The van der Waals surface area contributed by atoms with E-state index in [1.807, 2.05) is 0 Å². The molecule has 0 N–H and O–H groups in total. The largest absolute Gasteiger partial charge is 0.462 e. The Balaban J connectivity index is 3.24. The molecule has 0 saturated heterocycles. The van der Waals surface area contributed by atoms with Crippen LogP contribution in [0.3, 0.4) is 0 Å². The van der Waals surface area contributed by atoms with Gasteiger partial charge in [-0.3, -0.25) is 0 Å². The molecule has 1 aromatic heterocycles. The molecule has 0 unspecified atom stereocenters. The van der Waals surface area contributed by atoms with Gasteiger partial charge in [0.1, 0.15) is 6.20 Å². The van der Waals surface area contributed by atoms with Crippen molar-refractivity contribution in [2.45, 2.75) is 12.3 Å². The van der Waals surface area contributed by atoms with E-state index in [-0.39, 0.29) is 28.9 Å². The van der Waals surface area contributed by atoms with E-state index in [0.717, 1.165) is 0 Å². The number of nitro groups is 1. The average Bonchev–Trinajstić information content (AvgIpc) is 2.28. The smallest absolute Gasteiger partial charge is 0.368 e. The minimum atomic E-state index is -0.626. The van der Waals surface area contributed by atoms with E-state index in [1.54, 1.807) is 6.92 Å². The van der Waals surface area contributed by atoms with Gasteiger partial charge in [0.2, 0.25) is 0 Å². The number of ether oxygens (including phenoxy) is 1. The summed E-state index contributed by atoms with van der Waals surface area (Å²) in [4.78, 5) is 25.2. The van der Waals surface area contributed by atoms with Crippen LogP contribution >= 0.6 is 15.9 Å². The maximum absolute atomic E-state index is 11.5. The maximum Gasteiger partial charge on any atom is 0.368 e. The average molecular weight is 289 g/mol. The van der Waals surface area contributed by atoms with Crippen LogP contribution in [-0.2, 0) is 10.1 Å². The van der Waals surface area contributed by atoms with Gasteiger partial charge < -0.3 is 14.9 Å². The Bertz CT molecular complexity index is 422. The molecule has 0 saturated carbocycles. The zero-order chi connectivity index (χ0) is 12.1. The van der Waals surface area contributed by atoms with Gasteiger partial charge in [0.25, 0.3) is 0 Å². The molecule has 0 fully saturated rings. The van der Waals surface area contributed by atoms with Crippen molar-refractivity contribution in [2.24, 2.45) is 0 Å². The van der Waals surface area contributed by atoms with E-state index in [2.05, 4.69) is 20.9 Å². The first-order valence-electron chi connectivity index (χ1n) is 4.47. The number of nitrogens with zero attached hydrogens (tertiary/aromatic N) is 2. The standard InChI is InChI=1S/C9H9BrN2O4/c1-2-16-9(13)6-3-4-11-8(12(14)15)7(6)5-10/h3-4H,2,5H2,1H3. The SMILES string of the molecule is CCOC(=O)c1ccnc([N+](=O)[O-])c1CBr. The number of rotatable bonds is 4. The highest BCUT2D eigenvalue weighted by Gasteiger charge is 2.22. The van der Waals surface area contributed by atoms with Gasteiger partial charge in [-0.15, -0.1) is 0 Å². The molecule has 6 nitrogen and oxygen atoms in total. The summed E-state index contributed by atoms with van der Waals surface area (Å²) < 4.78 is 4.80. The quantitative estimate of drug-likeness (QED) is 0.367. The Morgan fingerprint density at radius 1 is 1.69 bits per heavy atom. The number of hydrogen-bond donors (Lipinski definition) is 0. The molecule has 0 aliphatic heterocycles. The molecule has 0 aliphatic carbocycles. The Morgan fingerprint density at radius 3 is 2.88 bits per heavy atom. The van der Waals surface area contributed by atoms with Gasteiger partial charge in [0.05, 0.1) is 17.7 Å². The molecular formula is C9H9BrN2O4. The predicted molar refractivity (Wildman–Crippen MR) is 59.5 cm³/mol. The van der Waals surface area contributed by atoms with Crippen LogP contribution in [0.5, 0.6) is 0 Å². The molecular weight excluding hydrogens is 280 g/mol. The number of carbonyl (C=O) groups is 1. The normalized spacial score (nSPS) is 9.88. The van der Waals surface area contributed by atoms with E-state index in [1.165, 1.54) is 12.3 Å². The van der Waals surface area contributed by atoms with Crippen LogP contribution in [-0.4, -0.2) is 22.5 Å². The van der Waals surface area contributed by atoms with Crippen molar-refractivity contribution < 1.29 is 14.5 Å². The number of halogens is 1. The van der Waals surface area contributed by atoms with Gasteiger partial charge in [-0.25, -0.2) is 4.79 Å². The Morgan fingerprint density at radius 2 is 2.38 bits per heavy atom. The summed E-state index contributed by atoms with van der Waals surface area (Å²) in [7, 11) is 0. The minimum absolute atomic E-state index is 0.167. The van der Waals surface area contributed by atoms with Crippen molar-refractivity contribution in [3.8, 4) is 0 Å². The summed E-state index contributed by atoms with van der Waals surface area (Å²) in [5.41, 5.74) is 0.395. The Hall–Kier alpha value is -1.50. The van der Waals surface area contributed by atoms with Gasteiger partial charge in [0, 0.05) is 5.33 Å². The highest BCUT2D eigenvalue weighted by atomic mass is 79.9. The number of carbonyl (C=O) groups excluding carboxylic acids is 1. The Labute approximate surface area is 99.9 Å². The summed E-state index contributed by atoms with van der Waals surface area (Å²) in [6.45, 7) is 1.89. The molecule has 86 valence electrons. The van der Waals surface area contributed by atoms with Crippen molar-refractivity contribution in [1.82, 2.24) is 4.98 Å². The van der Waals surface area contributed by atoms with Crippen LogP contribution in [0.4, 0.5) is 5.82 Å². The van der Waals surface area contributed by atoms with E-state index in [9.17, 15) is 14.9 Å². The van der Waals surface area contributed by atoms with Crippen molar-refractivity contribution in [3.05, 3.63) is 33.5 Å². The fourth-order valence-corrected chi connectivity index (χ4v) is 1.72. The number of pyridine rings is 1. The summed E-state index contributed by atoms with van der Waals surface area (Å²) in [5.74, 6) is -0.912. The number of alkyl halides is 1. The van der Waals surface area contributed by atoms with E-state index in [0.29, 0.717) is 0 Å². The lowest BCUT2D eigenvalue weighted by molar-refractivity contribution is -0.390. The molecule has 1 heterocycles. The van der Waals surface area contributed by atoms with Gasteiger partial charge >= 0.3 is 11.8 Å². The van der Waals surface area contributed by atoms with Gasteiger partial charge in [-0.05, 0) is 22.9 Å². The first-order chi connectivity index (χ1) is 7.61. The minimum Gasteiger partial charge on any atom is -0.462 e. The van der Waals surface area contributed by atoms with Gasteiger partial charge in [0.15, 0.2) is 0 Å². The monoisotopic (exact) mass is 288 g/mol. The molecule has 0 bridgehead atoms. The second-order valence-electron chi connectivity index (χ2n) is 2.77. The maximum atomic E-state index is 11.5. The van der Waals surface area contributed by atoms with E-state index < -0.39 is 10.9 Å². The van der Waals surface area contributed by atoms with Crippen LogP contribution in [0.2, 0.25) is 0 Å². The van der Waals surface area contributed by atoms with Crippen molar-refractivity contribution >= 4 is 27.7 Å². The number of hydrogen-bond acceptors (Lipinski definition) is 5. The Kier molecular flexibility index (Phi) is 4.36. The van der Waals surface area contributed by atoms with Crippen molar-refractivity contribution in [3.63, 3.8) is 0 Å². The molecule has 16 heavy (non-hydrogen) atoms. The fraction of sp³-hybridized carbons (Fsp3) is 0.333. The lowest BCUT2D eigenvalue weighted by Crippen LogP contribution is -2.10. The lowest BCUT2D eigenvalue weighted by atomic mass is 10.1. The molecule has 0 radical (unpaired) electrons. The molecule has 0 atom stereocenters. The van der Waals surface area contributed by atoms with Crippen molar-refractivity contribution in [2.75, 3.05) is 6.61 Å². The van der Waals surface area contributed by atoms with Crippen molar-refractivity contribution in [1.29, 1.82) is 0 Å². The van der Waals surface area contributed by atoms with Gasteiger partial charge in [-0.2, -0.15) is 0 Å². The third-order valence-corrected chi connectivity index (χ3v) is 2.40. The third-order valence-electron chi connectivity index (χ3n) is 1.83. The summed E-state index contributed by atoms with van der Waals surface area (Å²) in [6, 6.07) is 1.40. The second-order valence-corrected chi connectivity index (χ2v) is 3.33. The summed E-state index contributed by atoms with van der Waals surface area (Å²) in [5, 5.41) is 10.9. The molecule has 1 rings (SSSR count).